The summed E-state index contributed by atoms with van der Waals surface area (Å²) in [6.07, 6.45) is 6.49. The summed E-state index contributed by atoms with van der Waals surface area (Å²) in [6.45, 7) is 0.151. The van der Waals surface area contributed by atoms with E-state index in [1.165, 1.54) is 0 Å². The number of rotatable bonds is 4. The van der Waals surface area contributed by atoms with Crippen molar-refractivity contribution in [2.45, 2.75) is 24.8 Å². The molecule has 1 saturated carbocycles. The number of hydrogen-bond acceptors (Lipinski definition) is 5. The van der Waals surface area contributed by atoms with Gasteiger partial charge in [0.2, 0.25) is 0 Å². The largest absolute Gasteiger partial charge is 0.394 e. The Bertz CT molecular complexity index is 332. The van der Waals surface area contributed by atoms with Gasteiger partial charge in [-0.15, -0.1) is 0 Å². The average molecular weight is 208 g/mol. The van der Waals surface area contributed by atoms with Gasteiger partial charge >= 0.3 is 0 Å². The van der Waals surface area contributed by atoms with Crippen LogP contribution in [-0.4, -0.2) is 34.3 Å². The molecule has 0 unspecified atom stereocenters. The maximum absolute atomic E-state index is 9.30. The van der Waals surface area contributed by atoms with Gasteiger partial charge in [0.15, 0.2) is 0 Å². The van der Waals surface area contributed by atoms with E-state index in [1.54, 1.807) is 19.4 Å². The van der Waals surface area contributed by atoms with Crippen LogP contribution in [0.15, 0.2) is 12.4 Å². The first-order valence-corrected chi connectivity index (χ1v) is 5.17. The molecule has 0 bridgehead atoms. The van der Waals surface area contributed by atoms with Crippen molar-refractivity contribution in [2.24, 2.45) is 0 Å². The zero-order valence-corrected chi connectivity index (χ0v) is 8.82. The number of nitrogens with zero attached hydrogens (tertiary/aromatic N) is 2. The van der Waals surface area contributed by atoms with E-state index in [-0.39, 0.29) is 12.1 Å². The van der Waals surface area contributed by atoms with Crippen molar-refractivity contribution in [3.05, 3.63) is 12.4 Å². The fraction of sp³-hybridized carbons (Fsp3) is 0.600. The van der Waals surface area contributed by atoms with Gasteiger partial charge < -0.3 is 15.7 Å². The van der Waals surface area contributed by atoms with Crippen molar-refractivity contribution < 1.29 is 5.11 Å². The summed E-state index contributed by atoms with van der Waals surface area (Å²) in [7, 11) is 1.80. The molecule has 0 aromatic carbocycles. The molecule has 1 fully saturated rings. The Balaban J connectivity index is 2.09. The Kier molecular flexibility index (Phi) is 2.73. The minimum atomic E-state index is -0.166. The van der Waals surface area contributed by atoms with Crippen molar-refractivity contribution in [2.75, 3.05) is 24.3 Å². The summed E-state index contributed by atoms with van der Waals surface area (Å²) in [5.74, 6) is 1.45. The van der Waals surface area contributed by atoms with Crippen LogP contribution in [0.25, 0.3) is 0 Å². The highest BCUT2D eigenvalue weighted by Gasteiger charge is 2.36. The van der Waals surface area contributed by atoms with E-state index in [4.69, 9.17) is 0 Å². The number of anilines is 2. The Hall–Kier alpha value is -1.36. The number of nitrogens with one attached hydrogen (secondary N) is 2. The standard InChI is InChI=1S/C10H16N4O/c1-11-8-5-12-6-9(13-8)14-10(7-15)3-2-4-10/h5-6,15H,2-4,7H2,1H3,(H2,11,13,14). The van der Waals surface area contributed by atoms with Crippen LogP contribution in [0.5, 0.6) is 0 Å². The van der Waals surface area contributed by atoms with Gasteiger partial charge in [-0.05, 0) is 19.3 Å². The predicted molar refractivity (Wildman–Crippen MR) is 58.9 cm³/mol. The second-order valence-electron chi connectivity index (χ2n) is 3.96. The minimum Gasteiger partial charge on any atom is -0.394 e. The lowest BCUT2D eigenvalue weighted by Gasteiger charge is -2.41. The summed E-state index contributed by atoms with van der Waals surface area (Å²) in [5, 5.41) is 15.5. The van der Waals surface area contributed by atoms with Crippen LogP contribution in [0.2, 0.25) is 0 Å². The van der Waals surface area contributed by atoms with Gasteiger partial charge in [-0.3, -0.25) is 4.98 Å². The van der Waals surface area contributed by atoms with Crippen LogP contribution in [0.3, 0.4) is 0 Å². The van der Waals surface area contributed by atoms with E-state index >= 15 is 0 Å². The molecule has 5 heteroatoms. The first kappa shape index (κ1) is 10.2. The third-order valence-corrected chi connectivity index (χ3v) is 2.90. The molecule has 1 aromatic heterocycles. The minimum absolute atomic E-state index is 0.151. The highest BCUT2D eigenvalue weighted by molar-refractivity contribution is 5.43. The van der Waals surface area contributed by atoms with Gasteiger partial charge in [-0.2, -0.15) is 0 Å². The van der Waals surface area contributed by atoms with E-state index in [1.807, 2.05) is 0 Å². The molecule has 1 heterocycles. The summed E-state index contributed by atoms with van der Waals surface area (Å²) < 4.78 is 0. The third-order valence-electron chi connectivity index (χ3n) is 2.90. The van der Waals surface area contributed by atoms with Crippen LogP contribution in [0, 0.1) is 0 Å². The molecule has 5 nitrogen and oxygen atoms in total. The zero-order chi connectivity index (χ0) is 10.7. The lowest BCUT2D eigenvalue weighted by Crippen LogP contribution is -2.48. The average Bonchev–Trinajstić information content (AvgIpc) is 2.24. The highest BCUT2D eigenvalue weighted by atomic mass is 16.3. The Labute approximate surface area is 88.9 Å². The van der Waals surface area contributed by atoms with Gasteiger partial charge in [0, 0.05) is 7.05 Å². The SMILES string of the molecule is CNc1cncc(NC2(CO)CCC2)n1. The van der Waals surface area contributed by atoms with Crippen LogP contribution >= 0.6 is 0 Å². The van der Waals surface area contributed by atoms with Crippen molar-refractivity contribution >= 4 is 11.6 Å². The van der Waals surface area contributed by atoms with Crippen LogP contribution < -0.4 is 10.6 Å². The fourth-order valence-corrected chi connectivity index (χ4v) is 1.74. The molecule has 0 saturated heterocycles. The summed E-state index contributed by atoms with van der Waals surface area (Å²) in [6, 6.07) is 0. The maximum Gasteiger partial charge on any atom is 0.147 e. The molecule has 1 aromatic rings. The molecule has 0 radical (unpaired) electrons. The summed E-state index contributed by atoms with van der Waals surface area (Å²) >= 11 is 0. The molecule has 0 atom stereocenters. The Morgan fingerprint density at radius 2 is 2.13 bits per heavy atom. The van der Waals surface area contributed by atoms with Crippen molar-refractivity contribution in [1.29, 1.82) is 0 Å². The van der Waals surface area contributed by atoms with E-state index in [0.29, 0.717) is 0 Å². The Morgan fingerprint density at radius 1 is 1.40 bits per heavy atom. The van der Waals surface area contributed by atoms with E-state index in [9.17, 15) is 5.11 Å². The zero-order valence-electron chi connectivity index (χ0n) is 8.82. The van der Waals surface area contributed by atoms with E-state index in [2.05, 4.69) is 20.6 Å². The topological polar surface area (TPSA) is 70.1 Å². The van der Waals surface area contributed by atoms with Gasteiger partial charge in [0.25, 0.3) is 0 Å². The Morgan fingerprint density at radius 3 is 2.67 bits per heavy atom. The van der Waals surface area contributed by atoms with E-state index < -0.39 is 0 Å². The van der Waals surface area contributed by atoms with Crippen molar-refractivity contribution in [3.8, 4) is 0 Å². The first-order valence-electron chi connectivity index (χ1n) is 5.17. The van der Waals surface area contributed by atoms with Crippen LogP contribution in [-0.2, 0) is 0 Å². The molecule has 3 N–H and O–H groups in total. The van der Waals surface area contributed by atoms with E-state index in [0.717, 1.165) is 30.9 Å². The van der Waals surface area contributed by atoms with Gasteiger partial charge in [-0.25, -0.2) is 4.98 Å². The smallest absolute Gasteiger partial charge is 0.147 e. The van der Waals surface area contributed by atoms with Crippen molar-refractivity contribution in [3.63, 3.8) is 0 Å². The predicted octanol–water partition coefficient (Wildman–Crippen LogP) is 0.845. The lowest BCUT2D eigenvalue weighted by molar-refractivity contribution is 0.144. The first-order chi connectivity index (χ1) is 7.28. The second-order valence-corrected chi connectivity index (χ2v) is 3.96. The molecule has 1 aliphatic rings. The monoisotopic (exact) mass is 208 g/mol. The van der Waals surface area contributed by atoms with Crippen LogP contribution in [0.1, 0.15) is 19.3 Å². The number of hydrogen-bond donors (Lipinski definition) is 3. The van der Waals surface area contributed by atoms with Gasteiger partial charge in [0.05, 0.1) is 24.5 Å². The normalized spacial score (nSPS) is 18.0. The van der Waals surface area contributed by atoms with Gasteiger partial charge in [0.1, 0.15) is 11.6 Å². The third kappa shape index (κ3) is 2.02. The summed E-state index contributed by atoms with van der Waals surface area (Å²) in [5.41, 5.74) is -0.166. The molecule has 0 aliphatic heterocycles. The molecular weight excluding hydrogens is 192 g/mol. The molecule has 0 amide bonds. The van der Waals surface area contributed by atoms with Gasteiger partial charge in [-0.1, -0.05) is 0 Å². The number of aromatic nitrogens is 2. The number of aliphatic hydroxyl groups excluding tert-OH is 1. The molecular formula is C10H16N4O. The highest BCUT2D eigenvalue weighted by Crippen LogP contribution is 2.34. The molecule has 82 valence electrons. The summed E-state index contributed by atoms with van der Waals surface area (Å²) in [4.78, 5) is 8.37. The second kappa shape index (κ2) is 4.02. The molecule has 1 aliphatic carbocycles. The maximum atomic E-state index is 9.30. The molecule has 0 spiro atoms. The number of aliphatic hydroxyl groups is 1. The lowest BCUT2D eigenvalue weighted by atomic mass is 9.77. The quantitative estimate of drug-likeness (QED) is 0.684. The molecule has 15 heavy (non-hydrogen) atoms. The fourth-order valence-electron chi connectivity index (χ4n) is 1.74. The van der Waals surface area contributed by atoms with Crippen molar-refractivity contribution in [1.82, 2.24) is 9.97 Å². The van der Waals surface area contributed by atoms with Crippen LogP contribution in [0.4, 0.5) is 11.6 Å². The molecule has 2 rings (SSSR count).